The van der Waals surface area contributed by atoms with Crippen molar-refractivity contribution in [1.82, 2.24) is 0 Å². The average Bonchev–Trinajstić information content (AvgIpc) is 1.94. The maximum atomic E-state index is 12.9. The quantitative estimate of drug-likeness (QED) is 0.785. The minimum Gasteiger partial charge on any atom is -0.459 e. The van der Waals surface area contributed by atoms with Crippen LogP contribution in [0.25, 0.3) is 0 Å². The highest BCUT2D eigenvalue weighted by Gasteiger charge is 2.54. The summed E-state index contributed by atoms with van der Waals surface area (Å²) in [5.41, 5.74) is -2.10. The highest BCUT2D eigenvalue weighted by atomic mass is 19.4. The molecule has 0 amide bonds. The van der Waals surface area contributed by atoms with Gasteiger partial charge in [-0.15, -0.1) is 0 Å². The number of alkyl halides is 3. The third-order valence-electron chi connectivity index (χ3n) is 2.22. The van der Waals surface area contributed by atoms with E-state index in [0.29, 0.717) is 0 Å². The number of rotatable bonds is 2. The monoisotopic (exact) mass is 270 g/mol. The van der Waals surface area contributed by atoms with E-state index in [0.717, 1.165) is 0 Å². The molecule has 1 N–H and O–H groups in total. The van der Waals surface area contributed by atoms with Crippen molar-refractivity contribution < 1.29 is 27.8 Å². The summed E-state index contributed by atoms with van der Waals surface area (Å²) < 4.78 is 43.3. The molecule has 18 heavy (non-hydrogen) atoms. The van der Waals surface area contributed by atoms with Crippen LogP contribution in [0.1, 0.15) is 41.5 Å². The molecule has 0 rings (SSSR count). The van der Waals surface area contributed by atoms with Crippen molar-refractivity contribution in [3.8, 4) is 0 Å². The van der Waals surface area contributed by atoms with Crippen molar-refractivity contribution in [2.75, 3.05) is 0 Å². The van der Waals surface area contributed by atoms with Crippen molar-refractivity contribution in [1.29, 1.82) is 0 Å². The highest BCUT2D eigenvalue weighted by molar-refractivity contribution is 5.74. The number of ether oxygens (including phenoxy) is 1. The van der Waals surface area contributed by atoms with Crippen LogP contribution in [0.15, 0.2) is 0 Å². The Morgan fingerprint density at radius 2 is 1.44 bits per heavy atom. The first-order valence-electron chi connectivity index (χ1n) is 5.64. The Morgan fingerprint density at radius 3 is 1.67 bits per heavy atom. The lowest BCUT2D eigenvalue weighted by atomic mass is 9.81. The van der Waals surface area contributed by atoms with Crippen LogP contribution in [0, 0.1) is 11.3 Å². The van der Waals surface area contributed by atoms with Gasteiger partial charge in [-0.25, -0.2) is 0 Å². The van der Waals surface area contributed by atoms with Crippen LogP contribution >= 0.6 is 0 Å². The standard InChI is InChI=1S/C12H21F3O3/c1-10(2,3)8(16)7(12(13,14)15)9(17)18-11(4,5)6/h7-8,16H,1-6H3/t7-,8-/m0/s1. The lowest BCUT2D eigenvalue weighted by Gasteiger charge is -2.34. The fourth-order valence-corrected chi connectivity index (χ4v) is 1.31. The Hall–Kier alpha value is -0.780. The molecule has 0 aromatic heterocycles. The number of hydrogen-bond donors (Lipinski definition) is 1. The predicted molar refractivity (Wildman–Crippen MR) is 60.9 cm³/mol. The third-order valence-corrected chi connectivity index (χ3v) is 2.22. The van der Waals surface area contributed by atoms with E-state index in [1.54, 1.807) is 0 Å². The van der Waals surface area contributed by atoms with Crippen LogP contribution < -0.4 is 0 Å². The molecule has 0 aromatic rings. The fraction of sp³-hybridized carbons (Fsp3) is 0.917. The number of carbonyl (C=O) groups is 1. The zero-order valence-corrected chi connectivity index (χ0v) is 11.6. The summed E-state index contributed by atoms with van der Waals surface area (Å²) in [5.74, 6) is -3.98. The van der Waals surface area contributed by atoms with Gasteiger partial charge < -0.3 is 9.84 Å². The van der Waals surface area contributed by atoms with Crippen molar-refractivity contribution in [2.45, 2.75) is 59.4 Å². The van der Waals surface area contributed by atoms with Crippen molar-refractivity contribution in [3.63, 3.8) is 0 Å². The molecule has 0 aliphatic heterocycles. The summed E-state index contributed by atoms with van der Waals surface area (Å²) >= 11 is 0. The molecular weight excluding hydrogens is 249 g/mol. The van der Waals surface area contributed by atoms with E-state index in [4.69, 9.17) is 4.74 Å². The molecule has 0 radical (unpaired) electrons. The Balaban J connectivity index is 5.22. The van der Waals surface area contributed by atoms with Crippen LogP contribution in [0.2, 0.25) is 0 Å². The van der Waals surface area contributed by atoms with Gasteiger partial charge in [-0.3, -0.25) is 4.79 Å². The minimum atomic E-state index is -4.84. The Bertz CT molecular complexity index is 297. The molecule has 108 valence electrons. The molecule has 0 aliphatic rings. The molecule has 0 aliphatic carbocycles. The molecule has 0 spiro atoms. The van der Waals surface area contributed by atoms with E-state index in [1.807, 2.05) is 0 Å². The van der Waals surface area contributed by atoms with Crippen LogP contribution in [0.5, 0.6) is 0 Å². The number of carbonyl (C=O) groups excluding carboxylic acids is 1. The second kappa shape index (κ2) is 5.07. The molecule has 0 saturated heterocycles. The van der Waals surface area contributed by atoms with Gasteiger partial charge in [-0.05, 0) is 26.2 Å². The summed E-state index contributed by atoms with van der Waals surface area (Å²) in [7, 11) is 0. The van der Waals surface area contributed by atoms with Gasteiger partial charge in [0.1, 0.15) is 5.60 Å². The summed E-state index contributed by atoms with van der Waals surface area (Å²) in [6, 6.07) is 0. The molecule has 6 heteroatoms. The van der Waals surface area contributed by atoms with Crippen LogP contribution in [0.4, 0.5) is 13.2 Å². The van der Waals surface area contributed by atoms with Gasteiger partial charge in [-0.2, -0.15) is 13.2 Å². The first-order valence-corrected chi connectivity index (χ1v) is 5.64. The van der Waals surface area contributed by atoms with E-state index < -0.39 is 35.2 Å². The van der Waals surface area contributed by atoms with E-state index in [2.05, 4.69) is 0 Å². The van der Waals surface area contributed by atoms with Gasteiger partial charge >= 0.3 is 12.1 Å². The second-order valence-corrected chi connectivity index (χ2v) is 6.36. The molecule has 0 unspecified atom stereocenters. The van der Waals surface area contributed by atoms with Gasteiger partial charge in [0.05, 0.1) is 6.10 Å². The lowest BCUT2D eigenvalue weighted by Crippen LogP contribution is -2.48. The average molecular weight is 270 g/mol. The molecule has 0 bridgehead atoms. The first kappa shape index (κ1) is 17.2. The van der Waals surface area contributed by atoms with Gasteiger partial charge in [0.25, 0.3) is 0 Å². The van der Waals surface area contributed by atoms with Crippen LogP contribution in [-0.4, -0.2) is 29.0 Å². The minimum absolute atomic E-state index is 1.03. The van der Waals surface area contributed by atoms with E-state index in [1.165, 1.54) is 41.5 Å². The van der Waals surface area contributed by atoms with E-state index >= 15 is 0 Å². The summed E-state index contributed by atoms with van der Waals surface area (Å²) in [6.45, 7) is 8.72. The zero-order chi connectivity index (χ0) is 14.9. The summed E-state index contributed by atoms with van der Waals surface area (Å²) in [4.78, 5) is 11.6. The van der Waals surface area contributed by atoms with Crippen molar-refractivity contribution in [3.05, 3.63) is 0 Å². The zero-order valence-electron chi connectivity index (χ0n) is 11.6. The van der Waals surface area contributed by atoms with Crippen LogP contribution in [-0.2, 0) is 9.53 Å². The molecule has 2 atom stereocenters. The second-order valence-electron chi connectivity index (χ2n) is 6.36. The summed E-state index contributed by atoms with van der Waals surface area (Å²) in [6.07, 6.45) is -6.69. The lowest BCUT2D eigenvalue weighted by molar-refractivity contribution is -0.229. The van der Waals surface area contributed by atoms with E-state index in [-0.39, 0.29) is 0 Å². The third kappa shape index (κ3) is 5.25. The first-order chi connectivity index (χ1) is 7.66. The van der Waals surface area contributed by atoms with Gasteiger partial charge in [0.15, 0.2) is 5.92 Å². The number of aliphatic hydroxyl groups is 1. The maximum Gasteiger partial charge on any atom is 0.404 e. The largest absolute Gasteiger partial charge is 0.459 e. The molecule has 0 saturated carbocycles. The Labute approximate surface area is 105 Å². The predicted octanol–water partition coefficient (Wildman–Crippen LogP) is 2.91. The molecule has 0 fully saturated rings. The molecule has 0 aromatic carbocycles. The molecule has 3 nitrogen and oxygen atoms in total. The number of hydrogen-bond acceptors (Lipinski definition) is 3. The number of halogens is 3. The Morgan fingerprint density at radius 1 is 1.06 bits per heavy atom. The summed E-state index contributed by atoms with van der Waals surface area (Å²) in [5, 5.41) is 9.73. The molecular formula is C12H21F3O3. The van der Waals surface area contributed by atoms with Crippen molar-refractivity contribution in [2.24, 2.45) is 11.3 Å². The normalized spacial score (nSPS) is 17.2. The van der Waals surface area contributed by atoms with Gasteiger partial charge in [-0.1, -0.05) is 20.8 Å². The topological polar surface area (TPSA) is 46.5 Å². The van der Waals surface area contributed by atoms with E-state index in [9.17, 15) is 23.1 Å². The SMILES string of the molecule is CC(C)(C)OC(=O)[C@H]([C@H](O)C(C)(C)C)C(F)(F)F. The maximum absolute atomic E-state index is 12.9. The smallest absolute Gasteiger partial charge is 0.404 e. The van der Waals surface area contributed by atoms with Gasteiger partial charge in [0.2, 0.25) is 0 Å². The van der Waals surface area contributed by atoms with Gasteiger partial charge in [0, 0.05) is 0 Å². The molecule has 0 heterocycles. The van der Waals surface area contributed by atoms with Crippen molar-refractivity contribution >= 4 is 5.97 Å². The number of esters is 1. The highest BCUT2D eigenvalue weighted by Crippen LogP contribution is 2.37. The van der Waals surface area contributed by atoms with Crippen LogP contribution in [0.3, 0.4) is 0 Å². The fourth-order valence-electron chi connectivity index (χ4n) is 1.31. The Kier molecular flexibility index (Phi) is 4.85. The number of aliphatic hydroxyl groups excluding tert-OH is 1.